The molecule has 0 radical (unpaired) electrons. The second-order valence-corrected chi connectivity index (χ2v) is 6.05. The van der Waals surface area contributed by atoms with Crippen LogP contribution in [0.15, 0.2) is 10.7 Å². The van der Waals surface area contributed by atoms with Gasteiger partial charge in [-0.2, -0.15) is 14.7 Å². The van der Waals surface area contributed by atoms with Gasteiger partial charge in [0, 0.05) is 12.7 Å². The van der Waals surface area contributed by atoms with Crippen LogP contribution in [0.1, 0.15) is 17.1 Å². The van der Waals surface area contributed by atoms with Crippen molar-refractivity contribution in [3.8, 4) is 22.0 Å². The van der Waals surface area contributed by atoms with Gasteiger partial charge in [-0.1, -0.05) is 16.5 Å². The highest BCUT2D eigenvalue weighted by Crippen LogP contribution is 2.32. The van der Waals surface area contributed by atoms with Gasteiger partial charge in [-0.25, -0.2) is 0 Å². The summed E-state index contributed by atoms with van der Waals surface area (Å²) in [4.78, 5) is 0.730. The number of hydrogen-bond donors (Lipinski definition) is 0. The van der Waals surface area contributed by atoms with E-state index in [0.29, 0.717) is 5.82 Å². The first-order valence-electron chi connectivity index (χ1n) is 6.70. The highest BCUT2D eigenvalue weighted by Gasteiger charge is 2.21. The Morgan fingerprint density at radius 2 is 2.00 bits per heavy atom. The Hall–Kier alpha value is -2.55. The smallest absolute Gasteiger partial charge is 0.235 e. The third kappa shape index (κ3) is 1.72. The van der Waals surface area contributed by atoms with E-state index >= 15 is 0 Å². The van der Waals surface area contributed by atoms with Gasteiger partial charge in [0.05, 0.1) is 23.0 Å². The summed E-state index contributed by atoms with van der Waals surface area (Å²) in [5.41, 5.74) is 3.68. The Morgan fingerprint density at radius 1 is 1.18 bits per heavy atom. The monoisotopic (exact) mass is 315 g/mol. The molecule has 0 atom stereocenters. The van der Waals surface area contributed by atoms with Gasteiger partial charge in [0.15, 0.2) is 10.8 Å². The number of aryl methyl sites for hydroxylation is 3. The molecule has 0 saturated heterocycles. The van der Waals surface area contributed by atoms with Crippen LogP contribution in [-0.4, -0.2) is 34.7 Å². The molecule has 0 spiro atoms. The molecule has 0 saturated carbocycles. The minimum atomic E-state index is 0.690. The molecule has 0 N–H and O–H groups in total. The van der Waals surface area contributed by atoms with E-state index in [0.717, 1.165) is 38.2 Å². The first kappa shape index (κ1) is 13.1. The Kier molecular flexibility index (Phi) is 2.67. The minimum Gasteiger partial charge on any atom is -0.361 e. The van der Waals surface area contributed by atoms with Crippen LogP contribution in [0.3, 0.4) is 0 Å². The largest absolute Gasteiger partial charge is 0.361 e. The number of fused-ring (bicyclic) bond motifs is 1. The van der Waals surface area contributed by atoms with Crippen molar-refractivity contribution >= 4 is 16.3 Å². The van der Waals surface area contributed by atoms with Gasteiger partial charge in [-0.3, -0.25) is 4.68 Å². The lowest BCUT2D eigenvalue weighted by molar-refractivity contribution is 0.393. The average molecular weight is 315 g/mol. The molecule has 9 heteroatoms. The van der Waals surface area contributed by atoms with Crippen molar-refractivity contribution in [1.82, 2.24) is 34.7 Å². The molecule has 0 aliphatic carbocycles. The fourth-order valence-electron chi connectivity index (χ4n) is 2.39. The van der Waals surface area contributed by atoms with Gasteiger partial charge in [0.25, 0.3) is 0 Å². The van der Waals surface area contributed by atoms with Crippen molar-refractivity contribution in [3.63, 3.8) is 0 Å². The second kappa shape index (κ2) is 4.47. The van der Waals surface area contributed by atoms with Crippen LogP contribution in [0.25, 0.3) is 26.9 Å². The summed E-state index contributed by atoms with van der Waals surface area (Å²) < 4.78 is 8.77. The zero-order chi connectivity index (χ0) is 15.4. The van der Waals surface area contributed by atoms with Gasteiger partial charge in [0.1, 0.15) is 5.76 Å². The Labute approximate surface area is 129 Å². The Balaban J connectivity index is 1.92. The maximum Gasteiger partial charge on any atom is 0.235 e. The summed E-state index contributed by atoms with van der Waals surface area (Å²) in [6.45, 7) is 5.77. The Morgan fingerprint density at radius 3 is 2.64 bits per heavy atom. The van der Waals surface area contributed by atoms with Crippen molar-refractivity contribution < 1.29 is 4.52 Å². The summed E-state index contributed by atoms with van der Waals surface area (Å²) in [7, 11) is 1.90. The number of nitrogens with zero attached hydrogens (tertiary/aromatic N) is 7. The molecule has 4 aromatic rings. The van der Waals surface area contributed by atoms with Gasteiger partial charge >= 0.3 is 0 Å². The van der Waals surface area contributed by atoms with Crippen molar-refractivity contribution in [2.24, 2.45) is 7.05 Å². The zero-order valence-corrected chi connectivity index (χ0v) is 13.3. The van der Waals surface area contributed by atoms with Gasteiger partial charge in [0.2, 0.25) is 4.96 Å². The van der Waals surface area contributed by atoms with E-state index in [2.05, 4.69) is 25.6 Å². The molecule has 0 fully saturated rings. The summed E-state index contributed by atoms with van der Waals surface area (Å²) in [5, 5.41) is 22.1. The molecule has 4 aromatic heterocycles. The molecule has 0 aliphatic rings. The van der Waals surface area contributed by atoms with E-state index in [1.165, 1.54) is 11.3 Å². The van der Waals surface area contributed by atoms with Crippen molar-refractivity contribution in [3.05, 3.63) is 23.3 Å². The highest BCUT2D eigenvalue weighted by molar-refractivity contribution is 7.19. The zero-order valence-electron chi connectivity index (χ0n) is 12.5. The molecule has 8 nitrogen and oxygen atoms in total. The quantitative estimate of drug-likeness (QED) is 0.563. The van der Waals surface area contributed by atoms with Gasteiger partial charge < -0.3 is 4.52 Å². The fourth-order valence-corrected chi connectivity index (χ4v) is 3.38. The molecular formula is C13H13N7OS. The highest BCUT2D eigenvalue weighted by atomic mass is 32.1. The standard InChI is InChI=1S/C13H13N7OS/c1-6-10(8(3)21-18-6)12-17-20-11(15-16-13(20)22-12)9-5-14-19(4)7(9)2/h5H,1-4H3. The van der Waals surface area contributed by atoms with Crippen LogP contribution >= 0.6 is 11.3 Å². The van der Waals surface area contributed by atoms with Crippen molar-refractivity contribution in [2.45, 2.75) is 20.8 Å². The lowest BCUT2D eigenvalue weighted by atomic mass is 10.2. The van der Waals surface area contributed by atoms with E-state index in [9.17, 15) is 0 Å². The first-order chi connectivity index (χ1) is 10.6. The molecule has 0 aliphatic heterocycles. The topological polar surface area (TPSA) is 86.9 Å². The molecular weight excluding hydrogens is 302 g/mol. The van der Waals surface area contributed by atoms with E-state index in [4.69, 9.17) is 4.52 Å². The van der Waals surface area contributed by atoms with Crippen molar-refractivity contribution in [1.29, 1.82) is 0 Å². The minimum absolute atomic E-state index is 0.690. The predicted octanol–water partition coefficient (Wildman–Crippen LogP) is 2.17. The lowest BCUT2D eigenvalue weighted by Gasteiger charge is -1.96. The lowest BCUT2D eigenvalue weighted by Crippen LogP contribution is -1.95. The molecule has 4 heterocycles. The van der Waals surface area contributed by atoms with Crippen LogP contribution in [-0.2, 0) is 7.05 Å². The number of rotatable bonds is 2. The molecule has 0 bridgehead atoms. The third-order valence-corrected chi connectivity index (χ3v) is 4.63. The van der Waals surface area contributed by atoms with E-state index in [-0.39, 0.29) is 0 Å². The SMILES string of the molecule is Cc1noc(C)c1-c1nn2c(-c3cnn(C)c3C)nnc2s1. The maximum absolute atomic E-state index is 5.22. The Bertz CT molecular complexity index is 970. The molecule has 22 heavy (non-hydrogen) atoms. The van der Waals surface area contributed by atoms with Gasteiger partial charge in [-0.05, 0) is 20.8 Å². The van der Waals surface area contributed by atoms with E-state index in [1.54, 1.807) is 15.4 Å². The summed E-state index contributed by atoms with van der Waals surface area (Å²) in [5.74, 6) is 1.44. The first-order valence-corrected chi connectivity index (χ1v) is 7.52. The maximum atomic E-state index is 5.22. The molecule has 4 rings (SSSR count). The summed E-state index contributed by atoms with van der Waals surface area (Å²) in [6, 6.07) is 0. The van der Waals surface area contributed by atoms with Crippen LogP contribution in [0.5, 0.6) is 0 Å². The molecule has 0 amide bonds. The van der Waals surface area contributed by atoms with Crippen molar-refractivity contribution in [2.75, 3.05) is 0 Å². The fraction of sp³-hybridized carbons (Fsp3) is 0.308. The van der Waals surface area contributed by atoms with Crippen LogP contribution in [0, 0.1) is 20.8 Å². The van der Waals surface area contributed by atoms with Crippen LogP contribution in [0.4, 0.5) is 0 Å². The number of aromatic nitrogens is 7. The summed E-state index contributed by atoms with van der Waals surface area (Å²) in [6.07, 6.45) is 1.78. The van der Waals surface area contributed by atoms with Crippen LogP contribution < -0.4 is 0 Å². The third-order valence-electron chi connectivity index (χ3n) is 3.71. The summed E-state index contributed by atoms with van der Waals surface area (Å²) >= 11 is 1.46. The van der Waals surface area contributed by atoms with Crippen LogP contribution in [0.2, 0.25) is 0 Å². The predicted molar refractivity (Wildman–Crippen MR) is 80.6 cm³/mol. The molecule has 112 valence electrons. The van der Waals surface area contributed by atoms with E-state index in [1.807, 2.05) is 27.8 Å². The molecule has 0 aromatic carbocycles. The normalized spacial score (nSPS) is 11.6. The van der Waals surface area contributed by atoms with E-state index < -0.39 is 0 Å². The second-order valence-electron chi connectivity index (χ2n) is 5.09. The van der Waals surface area contributed by atoms with Gasteiger partial charge in [-0.15, -0.1) is 10.2 Å². The number of hydrogen-bond acceptors (Lipinski definition) is 7. The average Bonchev–Trinajstić information content (AvgIpc) is 3.19. The molecule has 0 unspecified atom stereocenters.